The van der Waals surface area contributed by atoms with Crippen molar-refractivity contribution in [2.75, 3.05) is 16.6 Å². The highest BCUT2D eigenvalue weighted by molar-refractivity contribution is 9.10. The molecule has 1 unspecified atom stereocenters. The van der Waals surface area contributed by atoms with E-state index in [0.29, 0.717) is 33.4 Å². The van der Waals surface area contributed by atoms with E-state index in [1.807, 2.05) is 24.3 Å². The molecule has 2 aromatic carbocycles. The Morgan fingerprint density at radius 1 is 1.23 bits per heavy atom. The van der Waals surface area contributed by atoms with Crippen LogP contribution in [0.25, 0.3) is 5.70 Å². The summed E-state index contributed by atoms with van der Waals surface area (Å²) in [5.74, 6) is -0.0276. The van der Waals surface area contributed by atoms with Gasteiger partial charge in [0.05, 0.1) is 30.6 Å². The predicted octanol–water partition coefficient (Wildman–Crippen LogP) is 4.71. The van der Waals surface area contributed by atoms with E-state index in [1.54, 1.807) is 25.1 Å². The fourth-order valence-electron chi connectivity index (χ4n) is 2.65. The average Bonchev–Trinajstić information content (AvgIpc) is 3.26. The van der Waals surface area contributed by atoms with Crippen molar-refractivity contribution in [3.8, 4) is 0 Å². The third-order valence-corrected chi connectivity index (χ3v) is 5.85. The number of halogens is 1. The lowest BCUT2D eigenvalue weighted by molar-refractivity contribution is -0.142. The Kier molecular flexibility index (Phi) is 7.42. The Hall–Kier alpha value is -2.91. The molecule has 7 nitrogen and oxygen atoms in total. The van der Waals surface area contributed by atoms with E-state index in [1.165, 1.54) is 12.5 Å². The number of benzene rings is 2. The second kappa shape index (κ2) is 10.2. The van der Waals surface area contributed by atoms with Gasteiger partial charge < -0.3 is 14.5 Å². The zero-order chi connectivity index (χ0) is 21.5. The number of nitrogens with one attached hydrogen (secondary N) is 2. The van der Waals surface area contributed by atoms with Crippen molar-refractivity contribution in [2.24, 2.45) is 0 Å². The zero-order valence-electron chi connectivity index (χ0n) is 16.2. The zero-order valence-corrected chi connectivity index (χ0v) is 18.7. The maximum absolute atomic E-state index is 13.1. The number of hydrogen-bond acceptors (Lipinski definition) is 6. The van der Waals surface area contributed by atoms with Crippen molar-refractivity contribution in [1.82, 2.24) is 4.98 Å². The molecule has 0 aliphatic rings. The van der Waals surface area contributed by atoms with E-state index < -0.39 is 11.0 Å². The van der Waals surface area contributed by atoms with Crippen LogP contribution in [0.4, 0.5) is 11.4 Å². The number of nitrogens with zero attached hydrogens (tertiary/aromatic N) is 1. The molecule has 0 aliphatic carbocycles. The van der Waals surface area contributed by atoms with Crippen LogP contribution in [0.2, 0.25) is 0 Å². The summed E-state index contributed by atoms with van der Waals surface area (Å²) in [5.41, 5.74) is 2.41. The largest absolute Gasteiger partial charge is 0.466 e. The maximum atomic E-state index is 13.1. The quantitative estimate of drug-likeness (QED) is 0.256. The molecule has 0 spiro atoms. The van der Waals surface area contributed by atoms with Crippen molar-refractivity contribution >= 4 is 50.0 Å². The number of carbonyl (C=O) groups excluding carboxylic acids is 1. The Bertz CT molecular complexity index is 1050. The highest BCUT2D eigenvalue weighted by atomic mass is 79.9. The molecule has 0 saturated carbocycles. The molecule has 1 atom stereocenters. The summed E-state index contributed by atoms with van der Waals surface area (Å²) < 4.78 is 27.3. The number of aromatic nitrogens is 1. The van der Waals surface area contributed by atoms with Gasteiger partial charge in [0.1, 0.15) is 6.26 Å². The summed E-state index contributed by atoms with van der Waals surface area (Å²) in [6.07, 6.45) is 3.00. The van der Waals surface area contributed by atoms with Crippen LogP contribution in [0.5, 0.6) is 0 Å². The van der Waals surface area contributed by atoms with E-state index in [9.17, 15) is 9.00 Å². The van der Waals surface area contributed by atoms with Crippen LogP contribution in [0.3, 0.4) is 0 Å². The Morgan fingerprint density at radius 3 is 2.63 bits per heavy atom. The van der Waals surface area contributed by atoms with Crippen molar-refractivity contribution < 1.29 is 18.2 Å². The molecular formula is C21H21BrN3O4S+. The van der Waals surface area contributed by atoms with Crippen LogP contribution in [-0.2, 0) is 31.1 Å². The van der Waals surface area contributed by atoms with Gasteiger partial charge in [0.15, 0.2) is 15.9 Å². The number of ether oxygens (including phenoxy) is 1. The molecule has 2 N–H and O–H groups in total. The van der Waals surface area contributed by atoms with Crippen LogP contribution in [0.15, 0.2) is 75.3 Å². The molecule has 1 heterocycles. The van der Waals surface area contributed by atoms with Gasteiger partial charge >= 0.3 is 5.97 Å². The first-order valence-corrected chi connectivity index (χ1v) is 11.2. The van der Waals surface area contributed by atoms with Gasteiger partial charge in [0.2, 0.25) is 5.89 Å². The lowest BCUT2D eigenvalue weighted by Crippen LogP contribution is -2.13. The third kappa shape index (κ3) is 5.80. The molecule has 0 bridgehead atoms. The fourth-order valence-corrected chi connectivity index (χ4v) is 4.09. The predicted molar refractivity (Wildman–Crippen MR) is 121 cm³/mol. The SMILES string of the molecule is C=C(Nc1ccc(CC(=O)OCC)c([SH+](=O)Nc2ccc(Br)cc2)c1)c1ncco1. The Morgan fingerprint density at radius 2 is 1.97 bits per heavy atom. The van der Waals surface area contributed by atoms with Crippen molar-refractivity contribution in [1.29, 1.82) is 0 Å². The highest BCUT2D eigenvalue weighted by Gasteiger charge is 2.20. The number of thiol groups is 1. The van der Waals surface area contributed by atoms with Crippen LogP contribution in [0, 0.1) is 0 Å². The molecular weight excluding hydrogens is 470 g/mol. The second-order valence-corrected chi connectivity index (χ2v) is 8.39. The molecule has 0 aliphatic heterocycles. The second-order valence-electron chi connectivity index (χ2n) is 6.18. The fraction of sp³-hybridized carbons (Fsp3) is 0.143. The molecule has 30 heavy (non-hydrogen) atoms. The Balaban J connectivity index is 1.86. The highest BCUT2D eigenvalue weighted by Crippen LogP contribution is 2.25. The summed E-state index contributed by atoms with van der Waals surface area (Å²) >= 11 is 3.38. The van der Waals surface area contributed by atoms with Gasteiger partial charge in [0, 0.05) is 21.8 Å². The molecule has 3 rings (SSSR count). The van der Waals surface area contributed by atoms with E-state index in [-0.39, 0.29) is 19.0 Å². The smallest absolute Gasteiger partial charge is 0.310 e. The molecule has 156 valence electrons. The first-order chi connectivity index (χ1) is 14.5. The number of rotatable bonds is 9. The van der Waals surface area contributed by atoms with E-state index in [2.05, 4.69) is 37.5 Å². The first kappa shape index (κ1) is 21.8. The van der Waals surface area contributed by atoms with Gasteiger partial charge in [-0.15, -0.1) is 0 Å². The van der Waals surface area contributed by atoms with Crippen molar-refractivity contribution in [3.05, 3.63) is 77.4 Å². The standard InChI is InChI=1S/C21H20BrN3O4S/c1-3-28-20(26)12-15-4-7-18(24-14(2)21-23-10-11-29-21)13-19(15)30(27)25-17-8-5-16(22)6-9-17/h4-11,13,24H,2-3,12H2,1H3,(H,25,27)/p+1. The molecule has 0 amide bonds. The van der Waals surface area contributed by atoms with E-state index >= 15 is 0 Å². The number of hydrogen-bond donors (Lipinski definition) is 2. The molecule has 0 radical (unpaired) electrons. The monoisotopic (exact) mass is 490 g/mol. The summed E-state index contributed by atoms with van der Waals surface area (Å²) in [7, 11) is -2.04. The summed E-state index contributed by atoms with van der Waals surface area (Å²) in [5, 5.41) is 3.09. The molecule has 0 saturated heterocycles. The number of esters is 1. The topological polar surface area (TPSA) is 93.5 Å². The molecule has 9 heteroatoms. The molecule has 3 aromatic rings. The lowest BCUT2D eigenvalue weighted by Gasteiger charge is -2.11. The van der Waals surface area contributed by atoms with Crippen LogP contribution < -0.4 is 10.0 Å². The van der Waals surface area contributed by atoms with Gasteiger partial charge in [-0.1, -0.05) is 32.8 Å². The summed E-state index contributed by atoms with van der Waals surface area (Å²) in [4.78, 5) is 16.5. The first-order valence-electron chi connectivity index (χ1n) is 9.10. The van der Waals surface area contributed by atoms with Gasteiger partial charge in [-0.2, -0.15) is 0 Å². The third-order valence-electron chi connectivity index (χ3n) is 4.00. The van der Waals surface area contributed by atoms with Gasteiger partial charge in [-0.25, -0.2) is 9.71 Å². The van der Waals surface area contributed by atoms with Gasteiger partial charge in [-0.3, -0.25) is 4.79 Å². The lowest BCUT2D eigenvalue weighted by atomic mass is 10.1. The minimum absolute atomic E-state index is 0.0211. The minimum Gasteiger partial charge on any atom is -0.466 e. The number of anilines is 2. The van der Waals surface area contributed by atoms with Gasteiger partial charge in [0.25, 0.3) is 0 Å². The average molecular weight is 491 g/mol. The minimum atomic E-state index is -2.04. The van der Waals surface area contributed by atoms with Crippen molar-refractivity contribution in [2.45, 2.75) is 18.2 Å². The summed E-state index contributed by atoms with van der Waals surface area (Å²) in [6, 6.07) is 12.6. The molecule has 1 aromatic heterocycles. The number of carbonyl (C=O) groups is 1. The van der Waals surface area contributed by atoms with Crippen LogP contribution >= 0.6 is 15.9 Å². The van der Waals surface area contributed by atoms with Crippen LogP contribution in [0.1, 0.15) is 18.4 Å². The van der Waals surface area contributed by atoms with Crippen LogP contribution in [-0.4, -0.2) is 17.6 Å². The van der Waals surface area contributed by atoms with E-state index in [0.717, 1.165) is 4.47 Å². The Labute approximate surface area is 185 Å². The molecule has 0 fully saturated rings. The van der Waals surface area contributed by atoms with E-state index in [4.69, 9.17) is 9.15 Å². The number of oxazole rings is 1. The normalized spacial score (nSPS) is 11.5. The summed E-state index contributed by atoms with van der Waals surface area (Å²) in [6.45, 7) is 5.93. The van der Waals surface area contributed by atoms with Crippen molar-refractivity contribution in [3.63, 3.8) is 0 Å². The van der Waals surface area contributed by atoms with Gasteiger partial charge in [-0.05, 0) is 37.3 Å². The maximum Gasteiger partial charge on any atom is 0.310 e.